The summed E-state index contributed by atoms with van der Waals surface area (Å²) in [4.78, 5) is 13.7. The van der Waals surface area contributed by atoms with Crippen LogP contribution in [0.5, 0.6) is 0 Å². The van der Waals surface area contributed by atoms with Gasteiger partial charge in [0.1, 0.15) is 0 Å². The van der Waals surface area contributed by atoms with Gasteiger partial charge in [0, 0.05) is 33.6 Å². The molecule has 128 valence electrons. The number of amides is 1. The minimum absolute atomic E-state index is 0.101. The van der Waals surface area contributed by atoms with Gasteiger partial charge < -0.3 is 4.90 Å². The highest BCUT2D eigenvalue weighted by Gasteiger charge is 2.31. The van der Waals surface area contributed by atoms with Gasteiger partial charge in [0.25, 0.3) is 0 Å². The molecule has 0 spiro atoms. The Labute approximate surface area is 139 Å². The summed E-state index contributed by atoms with van der Waals surface area (Å²) >= 11 is 0. The SMILES string of the molecule is Cc1ccccc1S(=O)(=O)N1CCCC(CCC(=O)N(C)C)C1. The molecule has 6 heteroatoms. The van der Waals surface area contributed by atoms with Crippen LogP contribution in [-0.4, -0.2) is 50.7 Å². The van der Waals surface area contributed by atoms with Gasteiger partial charge in [-0.1, -0.05) is 18.2 Å². The van der Waals surface area contributed by atoms with Crippen molar-refractivity contribution in [3.63, 3.8) is 0 Å². The second kappa shape index (κ2) is 7.45. The van der Waals surface area contributed by atoms with E-state index in [9.17, 15) is 13.2 Å². The van der Waals surface area contributed by atoms with Gasteiger partial charge >= 0.3 is 0 Å². The lowest BCUT2D eigenvalue weighted by molar-refractivity contribution is -0.129. The average molecular weight is 338 g/mol. The third-order valence-corrected chi connectivity index (χ3v) is 6.48. The molecule has 1 atom stereocenters. The van der Waals surface area contributed by atoms with Crippen molar-refractivity contribution in [3.8, 4) is 0 Å². The molecule has 1 aromatic rings. The molecule has 1 amide bonds. The molecule has 0 radical (unpaired) electrons. The number of carbonyl (C=O) groups excluding carboxylic acids is 1. The fraction of sp³-hybridized carbons (Fsp3) is 0.588. The van der Waals surface area contributed by atoms with Crippen LogP contribution in [0.15, 0.2) is 29.2 Å². The minimum atomic E-state index is -3.44. The number of carbonyl (C=O) groups is 1. The number of sulfonamides is 1. The molecule has 5 nitrogen and oxygen atoms in total. The largest absolute Gasteiger partial charge is 0.349 e. The Hall–Kier alpha value is -1.40. The van der Waals surface area contributed by atoms with Crippen molar-refractivity contribution in [2.24, 2.45) is 5.92 Å². The number of benzene rings is 1. The second-order valence-electron chi connectivity index (χ2n) is 6.46. The Balaban J connectivity index is 2.06. The maximum atomic E-state index is 12.9. The lowest BCUT2D eigenvalue weighted by atomic mass is 9.94. The first-order valence-electron chi connectivity index (χ1n) is 8.08. The van der Waals surface area contributed by atoms with E-state index in [0.29, 0.717) is 24.4 Å². The first-order valence-corrected chi connectivity index (χ1v) is 9.52. The predicted molar refractivity (Wildman–Crippen MR) is 90.6 cm³/mol. The summed E-state index contributed by atoms with van der Waals surface area (Å²) in [5.41, 5.74) is 0.775. The van der Waals surface area contributed by atoms with Gasteiger partial charge in [-0.15, -0.1) is 0 Å². The van der Waals surface area contributed by atoms with E-state index in [1.165, 1.54) is 0 Å². The van der Waals surface area contributed by atoms with E-state index >= 15 is 0 Å². The summed E-state index contributed by atoms with van der Waals surface area (Å²) in [6.07, 6.45) is 3.07. The van der Waals surface area contributed by atoms with E-state index in [2.05, 4.69) is 0 Å². The molecule has 1 saturated heterocycles. The van der Waals surface area contributed by atoms with Gasteiger partial charge in [-0.05, 0) is 43.7 Å². The number of aryl methyl sites for hydroxylation is 1. The monoisotopic (exact) mass is 338 g/mol. The third-order valence-electron chi connectivity index (χ3n) is 4.46. The van der Waals surface area contributed by atoms with Crippen LogP contribution in [-0.2, 0) is 14.8 Å². The van der Waals surface area contributed by atoms with Crippen LogP contribution < -0.4 is 0 Å². The zero-order chi connectivity index (χ0) is 17.0. The Morgan fingerprint density at radius 2 is 2.00 bits per heavy atom. The standard InChI is InChI=1S/C17H26N2O3S/c1-14-7-4-5-9-16(14)23(21,22)19-12-6-8-15(13-19)10-11-17(20)18(2)3/h4-5,7,9,15H,6,8,10-13H2,1-3H3. The van der Waals surface area contributed by atoms with Crippen LogP contribution in [0.25, 0.3) is 0 Å². The smallest absolute Gasteiger partial charge is 0.243 e. The zero-order valence-corrected chi connectivity index (χ0v) is 15.0. The second-order valence-corrected chi connectivity index (χ2v) is 8.37. The minimum Gasteiger partial charge on any atom is -0.349 e. The normalized spacial score (nSPS) is 19.5. The van der Waals surface area contributed by atoms with E-state index in [1.807, 2.05) is 19.1 Å². The Kier molecular flexibility index (Phi) is 5.81. The molecule has 23 heavy (non-hydrogen) atoms. The molecule has 1 heterocycles. The Morgan fingerprint density at radius 3 is 2.65 bits per heavy atom. The van der Waals surface area contributed by atoms with Crippen LogP contribution in [0.4, 0.5) is 0 Å². The van der Waals surface area contributed by atoms with Gasteiger partial charge in [0.15, 0.2) is 0 Å². The first kappa shape index (κ1) is 17.9. The summed E-state index contributed by atoms with van der Waals surface area (Å²) in [6, 6.07) is 7.10. The van der Waals surface area contributed by atoms with Crippen molar-refractivity contribution in [3.05, 3.63) is 29.8 Å². The van der Waals surface area contributed by atoms with Gasteiger partial charge in [-0.3, -0.25) is 4.79 Å². The van der Waals surface area contributed by atoms with Gasteiger partial charge in [-0.25, -0.2) is 8.42 Å². The summed E-state index contributed by atoms with van der Waals surface area (Å²) < 4.78 is 27.3. The molecule has 1 unspecified atom stereocenters. The van der Waals surface area contributed by atoms with E-state index in [4.69, 9.17) is 0 Å². The lowest BCUT2D eigenvalue weighted by Crippen LogP contribution is -2.40. The van der Waals surface area contributed by atoms with Crippen LogP contribution in [0, 0.1) is 12.8 Å². The zero-order valence-electron chi connectivity index (χ0n) is 14.2. The van der Waals surface area contributed by atoms with E-state index < -0.39 is 10.0 Å². The van der Waals surface area contributed by atoms with Crippen molar-refractivity contribution in [1.82, 2.24) is 9.21 Å². The molecule has 2 rings (SSSR count). The number of nitrogens with zero attached hydrogens (tertiary/aromatic N) is 2. The molecular weight excluding hydrogens is 312 g/mol. The summed E-state index contributed by atoms with van der Waals surface area (Å²) in [7, 11) is 0.0538. The molecule has 0 saturated carbocycles. The molecule has 1 fully saturated rings. The fourth-order valence-electron chi connectivity index (χ4n) is 3.02. The molecular formula is C17H26N2O3S. The van der Waals surface area contributed by atoms with Crippen LogP contribution >= 0.6 is 0 Å². The van der Waals surface area contributed by atoms with Gasteiger partial charge in [0.2, 0.25) is 15.9 Å². The number of hydrogen-bond donors (Lipinski definition) is 0. The van der Waals surface area contributed by atoms with E-state index in [-0.39, 0.29) is 11.8 Å². The van der Waals surface area contributed by atoms with Crippen molar-refractivity contribution in [1.29, 1.82) is 0 Å². The summed E-state index contributed by atoms with van der Waals surface area (Å²) in [5.74, 6) is 0.357. The molecule has 1 aromatic carbocycles. The quantitative estimate of drug-likeness (QED) is 0.827. The number of rotatable bonds is 5. The maximum absolute atomic E-state index is 12.9. The Bertz CT molecular complexity index is 656. The number of hydrogen-bond acceptors (Lipinski definition) is 3. The van der Waals surface area contributed by atoms with Crippen LogP contribution in [0.1, 0.15) is 31.2 Å². The highest BCUT2D eigenvalue weighted by molar-refractivity contribution is 7.89. The summed E-state index contributed by atoms with van der Waals surface area (Å²) in [5, 5.41) is 0. The van der Waals surface area contributed by atoms with Crippen LogP contribution in [0.2, 0.25) is 0 Å². The van der Waals surface area contributed by atoms with Crippen molar-refractivity contribution >= 4 is 15.9 Å². The average Bonchev–Trinajstić information content (AvgIpc) is 2.53. The Morgan fingerprint density at radius 1 is 1.30 bits per heavy atom. The third kappa shape index (κ3) is 4.32. The van der Waals surface area contributed by atoms with Crippen molar-refractivity contribution in [2.45, 2.75) is 37.5 Å². The molecule has 0 aromatic heterocycles. The van der Waals surface area contributed by atoms with E-state index in [1.54, 1.807) is 35.4 Å². The molecule has 1 aliphatic heterocycles. The first-order chi connectivity index (χ1) is 10.8. The topological polar surface area (TPSA) is 57.7 Å². The highest BCUT2D eigenvalue weighted by Crippen LogP contribution is 2.27. The molecule has 1 aliphatic rings. The highest BCUT2D eigenvalue weighted by atomic mass is 32.2. The lowest BCUT2D eigenvalue weighted by Gasteiger charge is -2.32. The molecule has 0 N–H and O–H groups in total. The molecule has 0 bridgehead atoms. The summed E-state index contributed by atoms with van der Waals surface area (Å²) in [6.45, 7) is 2.90. The fourth-order valence-corrected chi connectivity index (χ4v) is 4.80. The predicted octanol–water partition coefficient (Wildman–Crippen LogP) is 2.26. The number of piperidine rings is 1. The van der Waals surface area contributed by atoms with Gasteiger partial charge in [-0.2, -0.15) is 4.31 Å². The van der Waals surface area contributed by atoms with Crippen molar-refractivity contribution < 1.29 is 13.2 Å². The maximum Gasteiger partial charge on any atom is 0.243 e. The van der Waals surface area contributed by atoms with Crippen molar-refractivity contribution in [2.75, 3.05) is 27.2 Å². The van der Waals surface area contributed by atoms with E-state index in [0.717, 1.165) is 24.8 Å². The van der Waals surface area contributed by atoms with Gasteiger partial charge in [0.05, 0.1) is 4.90 Å². The van der Waals surface area contributed by atoms with Crippen LogP contribution in [0.3, 0.4) is 0 Å². The molecule has 0 aliphatic carbocycles.